The van der Waals surface area contributed by atoms with Gasteiger partial charge in [-0.15, -0.1) is 0 Å². The van der Waals surface area contributed by atoms with Gasteiger partial charge in [0.2, 0.25) is 0 Å². The number of hydrogen-bond acceptors (Lipinski definition) is 6. The molecule has 0 rings (SSSR count). The van der Waals surface area contributed by atoms with Crippen LogP contribution in [0.15, 0.2) is 36.5 Å². The highest BCUT2D eigenvalue weighted by Gasteiger charge is 2.20. The summed E-state index contributed by atoms with van der Waals surface area (Å²) in [6.45, 7) is 1.84. The van der Waals surface area contributed by atoms with E-state index < -0.39 is 23.3 Å². The van der Waals surface area contributed by atoms with E-state index in [0.717, 1.165) is 0 Å². The molecular weight excluding hydrogens is 276 g/mol. The summed E-state index contributed by atoms with van der Waals surface area (Å²) in [7, 11) is 3.78. The zero-order valence-corrected chi connectivity index (χ0v) is 12.6. The van der Waals surface area contributed by atoms with E-state index in [4.69, 9.17) is 0 Å². The molecule has 0 saturated heterocycles. The van der Waals surface area contributed by atoms with Crippen molar-refractivity contribution in [2.24, 2.45) is 5.41 Å². The lowest BCUT2D eigenvalue weighted by molar-refractivity contribution is -0.135. The molecule has 0 heterocycles. The molecule has 0 spiro atoms. The molecule has 21 heavy (non-hydrogen) atoms. The summed E-state index contributed by atoms with van der Waals surface area (Å²) in [5.41, 5.74) is -0.809. The Labute approximate surface area is 124 Å². The molecule has 0 unspecified atom stereocenters. The summed E-state index contributed by atoms with van der Waals surface area (Å²) >= 11 is 0. The maximum atomic E-state index is 11.2. The maximum Gasteiger partial charge on any atom is 0.330 e. The SMILES string of the molecule is CCC(C=CC(=O)OC)(C=CC(=O)OC)C=CC(=O)OC. The molecule has 0 atom stereocenters. The predicted molar refractivity (Wildman–Crippen MR) is 76.2 cm³/mol. The van der Waals surface area contributed by atoms with Crippen LogP contribution in [0.4, 0.5) is 0 Å². The molecule has 0 aliphatic rings. The topological polar surface area (TPSA) is 78.9 Å². The van der Waals surface area contributed by atoms with Gasteiger partial charge in [-0.3, -0.25) is 0 Å². The van der Waals surface area contributed by atoms with Gasteiger partial charge in [0.1, 0.15) is 0 Å². The van der Waals surface area contributed by atoms with E-state index in [1.54, 1.807) is 0 Å². The normalized spacial score (nSPS) is 14.3. The third-order valence-corrected chi connectivity index (χ3v) is 2.81. The summed E-state index contributed by atoms with van der Waals surface area (Å²) in [6.07, 6.45) is 8.81. The molecule has 0 amide bonds. The van der Waals surface area contributed by atoms with Gasteiger partial charge in [-0.05, 0) is 6.42 Å². The number of ether oxygens (including phenoxy) is 3. The fourth-order valence-corrected chi connectivity index (χ4v) is 1.39. The van der Waals surface area contributed by atoms with Crippen molar-refractivity contribution in [3.8, 4) is 0 Å². The van der Waals surface area contributed by atoms with Crippen molar-refractivity contribution < 1.29 is 28.6 Å². The highest BCUT2D eigenvalue weighted by Crippen LogP contribution is 2.28. The molecular formula is C15H20O6. The van der Waals surface area contributed by atoms with Gasteiger partial charge in [-0.25, -0.2) is 14.4 Å². The van der Waals surface area contributed by atoms with Gasteiger partial charge in [0.25, 0.3) is 0 Å². The lowest BCUT2D eigenvalue weighted by atomic mass is 9.83. The van der Waals surface area contributed by atoms with Gasteiger partial charge in [0, 0.05) is 23.6 Å². The Bertz CT molecular complexity index is 394. The standard InChI is InChI=1S/C15H20O6/c1-5-15(9-6-12(16)19-2,10-7-13(17)20-3)11-8-14(18)21-4/h6-11H,5H2,1-4H3. The predicted octanol–water partition coefficient (Wildman–Crippen LogP) is 1.57. The summed E-state index contributed by atoms with van der Waals surface area (Å²) in [5.74, 6) is -1.61. The molecule has 0 fully saturated rings. The molecule has 0 aromatic rings. The molecule has 116 valence electrons. The van der Waals surface area contributed by atoms with Crippen LogP contribution < -0.4 is 0 Å². The second-order valence-electron chi connectivity index (χ2n) is 4.04. The first-order valence-electron chi connectivity index (χ1n) is 6.24. The number of rotatable bonds is 7. The minimum atomic E-state index is -0.809. The van der Waals surface area contributed by atoms with Crippen molar-refractivity contribution in [2.75, 3.05) is 21.3 Å². The third kappa shape index (κ3) is 7.10. The van der Waals surface area contributed by atoms with Crippen LogP contribution >= 0.6 is 0 Å². The summed E-state index contributed by atoms with van der Waals surface area (Å²) < 4.78 is 13.6. The lowest BCUT2D eigenvalue weighted by Gasteiger charge is -2.21. The quantitative estimate of drug-likeness (QED) is 0.403. The van der Waals surface area contributed by atoms with Crippen LogP contribution in [0.2, 0.25) is 0 Å². The highest BCUT2D eigenvalue weighted by molar-refractivity contribution is 5.84. The fraction of sp³-hybridized carbons (Fsp3) is 0.400. The molecule has 0 aromatic heterocycles. The van der Waals surface area contributed by atoms with Crippen LogP contribution in [-0.4, -0.2) is 39.2 Å². The first-order valence-corrected chi connectivity index (χ1v) is 6.24. The molecule has 0 aliphatic heterocycles. The van der Waals surface area contributed by atoms with Gasteiger partial charge in [0.05, 0.1) is 21.3 Å². The third-order valence-electron chi connectivity index (χ3n) is 2.81. The number of methoxy groups -OCH3 is 3. The van der Waals surface area contributed by atoms with E-state index in [1.165, 1.54) is 57.8 Å². The second-order valence-corrected chi connectivity index (χ2v) is 4.04. The monoisotopic (exact) mass is 296 g/mol. The summed E-state index contributed by atoms with van der Waals surface area (Å²) in [4.78, 5) is 33.7. The molecule has 6 heteroatoms. The van der Waals surface area contributed by atoms with Crippen molar-refractivity contribution in [2.45, 2.75) is 13.3 Å². The Morgan fingerprint density at radius 3 is 1.24 bits per heavy atom. The van der Waals surface area contributed by atoms with E-state index in [-0.39, 0.29) is 0 Å². The number of esters is 3. The van der Waals surface area contributed by atoms with Crippen LogP contribution in [0.3, 0.4) is 0 Å². The highest BCUT2D eigenvalue weighted by atomic mass is 16.5. The minimum Gasteiger partial charge on any atom is -0.466 e. The smallest absolute Gasteiger partial charge is 0.330 e. The van der Waals surface area contributed by atoms with Gasteiger partial charge < -0.3 is 14.2 Å². The number of carbonyl (C=O) groups is 3. The lowest BCUT2D eigenvalue weighted by Crippen LogP contribution is -2.13. The zero-order chi connectivity index (χ0) is 16.3. The Balaban J connectivity index is 5.47. The average Bonchev–Trinajstić information content (AvgIpc) is 2.53. The van der Waals surface area contributed by atoms with E-state index in [9.17, 15) is 14.4 Å². The Morgan fingerprint density at radius 1 is 0.762 bits per heavy atom. The average molecular weight is 296 g/mol. The van der Waals surface area contributed by atoms with Crippen molar-refractivity contribution in [1.82, 2.24) is 0 Å². The minimum absolute atomic E-state index is 0.501. The van der Waals surface area contributed by atoms with E-state index in [2.05, 4.69) is 14.2 Å². The van der Waals surface area contributed by atoms with E-state index >= 15 is 0 Å². The molecule has 0 N–H and O–H groups in total. The van der Waals surface area contributed by atoms with E-state index in [0.29, 0.717) is 6.42 Å². The van der Waals surface area contributed by atoms with Gasteiger partial charge in [-0.2, -0.15) is 0 Å². The largest absolute Gasteiger partial charge is 0.466 e. The van der Waals surface area contributed by atoms with Crippen molar-refractivity contribution in [3.05, 3.63) is 36.5 Å². The maximum absolute atomic E-state index is 11.2. The van der Waals surface area contributed by atoms with Crippen LogP contribution in [-0.2, 0) is 28.6 Å². The summed E-state index contributed by atoms with van der Waals surface area (Å²) in [6, 6.07) is 0. The number of allylic oxidation sites excluding steroid dienone is 3. The van der Waals surface area contributed by atoms with E-state index in [1.807, 2.05) is 6.92 Å². The molecule has 0 saturated carbocycles. The molecule has 0 aromatic carbocycles. The fourth-order valence-electron chi connectivity index (χ4n) is 1.39. The van der Waals surface area contributed by atoms with Crippen LogP contribution in [0.5, 0.6) is 0 Å². The number of hydrogen-bond donors (Lipinski definition) is 0. The molecule has 0 aliphatic carbocycles. The van der Waals surface area contributed by atoms with Crippen LogP contribution in [0.25, 0.3) is 0 Å². The van der Waals surface area contributed by atoms with Crippen molar-refractivity contribution in [1.29, 1.82) is 0 Å². The number of carbonyl (C=O) groups excluding carboxylic acids is 3. The van der Waals surface area contributed by atoms with Crippen LogP contribution in [0, 0.1) is 5.41 Å². The molecule has 0 bridgehead atoms. The Hall–Kier alpha value is -2.37. The first kappa shape index (κ1) is 18.6. The zero-order valence-electron chi connectivity index (χ0n) is 12.6. The van der Waals surface area contributed by atoms with Gasteiger partial charge in [0.15, 0.2) is 0 Å². The molecule has 6 nitrogen and oxygen atoms in total. The molecule has 0 radical (unpaired) electrons. The van der Waals surface area contributed by atoms with Crippen molar-refractivity contribution >= 4 is 17.9 Å². The van der Waals surface area contributed by atoms with Crippen molar-refractivity contribution in [3.63, 3.8) is 0 Å². The Morgan fingerprint density at radius 2 is 1.05 bits per heavy atom. The Kier molecular flexibility index (Phi) is 8.45. The first-order chi connectivity index (χ1) is 9.92. The van der Waals surface area contributed by atoms with Crippen LogP contribution in [0.1, 0.15) is 13.3 Å². The van der Waals surface area contributed by atoms with Gasteiger partial charge in [-0.1, -0.05) is 25.2 Å². The van der Waals surface area contributed by atoms with Gasteiger partial charge >= 0.3 is 17.9 Å². The summed E-state index contributed by atoms with van der Waals surface area (Å²) in [5, 5.41) is 0. The second kappa shape index (κ2) is 9.52.